The first-order valence-electron chi connectivity index (χ1n) is 2.75. The van der Waals surface area contributed by atoms with Gasteiger partial charge in [0.15, 0.2) is 6.29 Å². The summed E-state index contributed by atoms with van der Waals surface area (Å²) in [7, 11) is 0. The number of benzene rings is 1. The lowest BCUT2D eigenvalue weighted by molar-refractivity contribution is 0.112. The van der Waals surface area contributed by atoms with Crippen molar-refractivity contribution in [2.45, 2.75) is 0 Å². The van der Waals surface area contributed by atoms with Gasteiger partial charge in [-0.2, -0.15) is 0 Å². The van der Waals surface area contributed by atoms with Crippen molar-refractivity contribution >= 4 is 56.4 Å². The van der Waals surface area contributed by atoms with Gasteiger partial charge in [0.2, 0.25) is 0 Å². The molecule has 58 valence electrons. The number of carbonyl (C=O) groups is 1. The molecule has 1 rings (SSSR count). The number of halogens is 3. The van der Waals surface area contributed by atoms with E-state index in [-0.39, 0.29) is 0 Å². The standard InChI is InChI=1S/C7H3BrClIO/c8-5-2-7(10)4(3-11)1-6(5)9/h1-3H. The second-order valence-electron chi connectivity index (χ2n) is 1.91. The van der Waals surface area contributed by atoms with E-state index in [1.165, 1.54) is 0 Å². The van der Waals surface area contributed by atoms with Crippen molar-refractivity contribution in [3.63, 3.8) is 0 Å². The molecule has 0 heterocycles. The number of hydrogen-bond acceptors (Lipinski definition) is 1. The molecule has 4 heteroatoms. The van der Waals surface area contributed by atoms with E-state index >= 15 is 0 Å². The predicted octanol–water partition coefficient (Wildman–Crippen LogP) is 3.52. The first-order valence-corrected chi connectivity index (χ1v) is 5.00. The Morgan fingerprint density at radius 2 is 2.18 bits per heavy atom. The van der Waals surface area contributed by atoms with Gasteiger partial charge in [-0.1, -0.05) is 11.6 Å². The minimum atomic E-state index is 0.563. The maximum atomic E-state index is 10.4. The fraction of sp³-hybridized carbons (Fsp3) is 0. The quantitative estimate of drug-likeness (QED) is 0.432. The highest BCUT2D eigenvalue weighted by Crippen LogP contribution is 2.26. The van der Waals surface area contributed by atoms with Crippen LogP contribution >= 0.6 is 50.1 Å². The van der Waals surface area contributed by atoms with E-state index in [0.29, 0.717) is 10.6 Å². The molecule has 0 aliphatic heterocycles. The molecule has 1 aromatic rings. The molecule has 0 N–H and O–H groups in total. The van der Waals surface area contributed by atoms with Crippen molar-refractivity contribution < 1.29 is 4.79 Å². The molecule has 0 aromatic heterocycles. The van der Waals surface area contributed by atoms with Gasteiger partial charge in [0.1, 0.15) is 0 Å². The van der Waals surface area contributed by atoms with E-state index in [1.54, 1.807) is 6.07 Å². The molecule has 11 heavy (non-hydrogen) atoms. The molecule has 1 nitrogen and oxygen atoms in total. The van der Waals surface area contributed by atoms with Gasteiger partial charge in [-0.3, -0.25) is 4.79 Å². The van der Waals surface area contributed by atoms with Crippen LogP contribution in [0, 0.1) is 3.57 Å². The fourth-order valence-corrected chi connectivity index (χ4v) is 2.17. The van der Waals surface area contributed by atoms with Crippen LogP contribution in [-0.2, 0) is 0 Å². The van der Waals surface area contributed by atoms with E-state index in [4.69, 9.17) is 11.6 Å². The van der Waals surface area contributed by atoms with E-state index in [1.807, 2.05) is 6.07 Å². The van der Waals surface area contributed by atoms with Gasteiger partial charge >= 0.3 is 0 Å². The maximum absolute atomic E-state index is 10.4. The van der Waals surface area contributed by atoms with Gasteiger partial charge in [-0.15, -0.1) is 0 Å². The van der Waals surface area contributed by atoms with Gasteiger partial charge < -0.3 is 0 Å². The fourth-order valence-electron chi connectivity index (χ4n) is 0.628. The molecular weight excluding hydrogens is 342 g/mol. The minimum absolute atomic E-state index is 0.563. The summed E-state index contributed by atoms with van der Waals surface area (Å²) in [6.45, 7) is 0. The van der Waals surface area contributed by atoms with E-state index < -0.39 is 0 Å². The highest BCUT2D eigenvalue weighted by atomic mass is 127. The minimum Gasteiger partial charge on any atom is -0.298 e. The first-order chi connectivity index (χ1) is 5.15. The highest BCUT2D eigenvalue weighted by Gasteiger charge is 2.02. The topological polar surface area (TPSA) is 17.1 Å². The Balaban J connectivity index is 3.31. The SMILES string of the molecule is O=Cc1cc(Cl)c(Br)cc1I. The molecule has 0 amide bonds. The Morgan fingerprint density at radius 3 is 2.73 bits per heavy atom. The second kappa shape index (κ2) is 3.87. The first kappa shape index (κ1) is 9.48. The smallest absolute Gasteiger partial charge is 0.151 e. The van der Waals surface area contributed by atoms with Crippen LogP contribution in [0.3, 0.4) is 0 Å². The summed E-state index contributed by atoms with van der Waals surface area (Å²) in [5, 5.41) is 0.563. The monoisotopic (exact) mass is 344 g/mol. The third kappa shape index (κ3) is 2.16. The molecule has 0 fully saturated rings. The zero-order valence-corrected chi connectivity index (χ0v) is 9.77. The number of carbonyl (C=O) groups excluding carboxylic acids is 1. The Morgan fingerprint density at radius 1 is 1.55 bits per heavy atom. The summed E-state index contributed by atoms with van der Waals surface area (Å²) in [5.41, 5.74) is 0.624. The largest absolute Gasteiger partial charge is 0.298 e. The van der Waals surface area contributed by atoms with Crippen LogP contribution in [0.5, 0.6) is 0 Å². The van der Waals surface area contributed by atoms with Crippen molar-refractivity contribution in [1.29, 1.82) is 0 Å². The average molecular weight is 345 g/mol. The number of aldehydes is 1. The van der Waals surface area contributed by atoms with Crippen LogP contribution in [0.4, 0.5) is 0 Å². The Hall–Kier alpha value is 0.390. The molecule has 0 unspecified atom stereocenters. The van der Waals surface area contributed by atoms with Crippen LogP contribution in [-0.4, -0.2) is 6.29 Å². The third-order valence-electron chi connectivity index (χ3n) is 1.17. The van der Waals surface area contributed by atoms with Gasteiger partial charge in [0.05, 0.1) is 5.02 Å². The van der Waals surface area contributed by atoms with Crippen LogP contribution in [0.2, 0.25) is 5.02 Å². The molecule has 0 aliphatic rings. The molecule has 0 saturated heterocycles. The van der Waals surface area contributed by atoms with Gasteiger partial charge in [-0.05, 0) is 50.7 Å². The molecular formula is C7H3BrClIO. The summed E-state index contributed by atoms with van der Waals surface area (Å²) < 4.78 is 1.71. The van der Waals surface area contributed by atoms with Crippen LogP contribution in [0.15, 0.2) is 16.6 Å². The Labute approximate surface area is 91.4 Å². The average Bonchev–Trinajstić information content (AvgIpc) is 1.97. The summed E-state index contributed by atoms with van der Waals surface area (Å²) in [4.78, 5) is 10.4. The van der Waals surface area contributed by atoms with Crippen molar-refractivity contribution in [3.05, 3.63) is 30.8 Å². The lowest BCUT2D eigenvalue weighted by Gasteiger charge is -1.99. The van der Waals surface area contributed by atoms with Gasteiger partial charge in [0.25, 0.3) is 0 Å². The van der Waals surface area contributed by atoms with E-state index in [0.717, 1.165) is 14.3 Å². The predicted molar refractivity (Wildman–Crippen MR) is 57.3 cm³/mol. The summed E-state index contributed by atoms with van der Waals surface area (Å²) in [6, 6.07) is 3.45. The van der Waals surface area contributed by atoms with Crippen LogP contribution < -0.4 is 0 Å². The molecule has 1 aromatic carbocycles. The zero-order valence-electron chi connectivity index (χ0n) is 5.27. The van der Waals surface area contributed by atoms with Crippen molar-refractivity contribution in [1.82, 2.24) is 0 Å². The van der Waals surface area contributed by atoms with Gasteiger partial charge in [0, 0.05) is 13.6 Å². The Kier molecular flexibility index (Phi) is 3.33. The Bertz CT molecular complexity index is 301. The maximum Gasteiger partial charge on any atom is 0.151 e. The van der Waals surface area contributed by atoms with Crippen LogP contribution in [0.1, 0.15) is 10.4 Å². The zero-order chi connectivity index (χ0) is 8.43. The van der Waals surface area contributed by atoms with E-state index in [2.05, 4.69) is 38.5 Å². The summed E-state index contributed by atoms with van der Waals surface area (Å²) in [6.07, 6.45) is 0.792. The molecule has 0 atom stereocenters. The van der Waals surface area contributed by atoms with E-state index in [9.17, 15) is 4.79 Å². The van der Waals surface area contributed by atoms with Crippen molar-refractivity contribution in [3.8, 4) is 0 Å². The number of rotatable bonds is 1. The van der Waals surface area contributed by atoms with Gasteiger partial charge in [-0.25, -0.2) is 0 Å². The lowest BCUT2D eigenvalue weighted by Crippen LogP contribution is -1.85. The second-order valence-corrected chi connectivity index (χ2v) is 4.33. The lowest BCUT2D eigenvalue weighted by atomic mass is 10.2. The summed E-state index contributed by atoms with van der Waals surface area (Å²) >= 11 is 11.1. The molecule has 0 bridgehead atoms. The molecule has 0 saturated carbocycles. The highest BCUT2D eigenvalue weighted by molar-refractivity contribution is 14.1. The molecule has 0 radical (unpaired) electrons. The normalized spacial score (nSPS) is 9.73. The summed E-state index contributed by atoms with van der Waals surface area (Å²) in [5.74, 6) is 0. The van der Waals surface area contributed by atoms with Crippen molar-refractivity contribution in [2.75, 3.05) is 0 Å². The molecule has 0 aliphatic carbocycles. The van der Waals surface area contributed by atoms with Crippen molar-refractivity contribution in [2.24, 2.45) is 0 Å². The third-order valence-corrected chi connectivity index (χ3v) is 3.30. The number of hydrogen-bond donors (Lipinski definition) is 0. The van der Waals surface area contributed by atoms with Crippen LogP contribution in [0.25, 0.3) is 0 Å². The molecule has 0 spiro atoms.